The summed E-state index contributed by atoms with van der Waals surface area (Å²) in [7, 11) is 0.654. The quantitative estimate of drug-likeness (QED) is 0.682. The number of rotatable bonds is 3. The summed E-state index contributed by atoms with van der Waals surface area (Å²) in [6.07, 6.45) is 0.573. The molecule has 15 heavy (non-hydrogen) atoms. The van der Waals surface area contributed by atoms with Crippen LogP contribution in [0.5, 0.6) is 0 Å². The van der Waals surface area contributed by atoms with Crippen LogP contribution in [0.15, 0.2) is 18.1 Å². The van der Waals surface area contributed by atoms with Gasteiger partial charge in [-0.2, -0.15) is 0 Å². The standard InChI is InChI=1S/C12H18B2O/c1-9-10(6-5-7-13-9)8-11(15)14-12(2,3)4/h5-7,14H,8H2,1-4H3. The Bertz CT molecular complexity index is 353. The molecule has 0 radical (unpaired) electrons. The van der Waals surface area contributed by atoms with Gasteiger partial charge in [-0.3, -0.25) is 0 Å². The molecule has 1 aromatic rings. The third kappa shape index (κ3) is 4.46. The van der Waals surface area contributed by atoms with E-state index in [1.165, 1.54) is 5.46 Å². The molecule has 0 amide bonds. The van der Waals surface area contributed by atoms with E-state index in [4.69, 9.17) is 0 Å². The molecule has 1 heterocycles. The van der Waals surface area contributed by atoms with Gasteiger partial charge in [0.25, 0.3) is 0 Å². The van der Waals surface area contributed by atoms with Crippen LogP contribution in [0.4, 0.5) is 0 Å². The van der Waals surface area contributed by atoms with E-state index in [1.807, 2.05) is 18.1 Å². The summed E-state index contributed by atoms with van der Waals surface area (Å²) in [6.45, 7) is 10.4. The molecule has 0 N–H and O–H groups in total. The number of aryl methyl sites for hydroxylation is 1. The Morgan fingerprint density at radius 3 is 2.67 bits per heavy atom. The van der Waals surface area contributed by atoms with Gasteiger partial charge in [0, 0.05) is 0 Å². The summed E-state index contributed by atoms with van der Waals surface area (Å²) in [5.74, 6) is 2.01. The van der Waals surface area contributed by atoms with E-state index in [0.29, 0.717) is 19.4 Å². The zero-order chi connectivity index (χ0) is 11.5. The number of carbonyl (C=O) groups is 1. The molecule has 0 saturated heterocycles. The molecular weight excluding hydrogens is 182 g/mol. The Hall–Kier alpha value is -0.850. The van der Waals surface area contributed by atoms with Gasteiger partial charge in [-0.25, -0.2) is 0 Å². The molecule has 0 saturated carbocycles. The van der Waals surface area contributed by atoms with E-state index < -0.39 is 0 Å². The summed E-state index contributed by atoms with van der Waals surface area (Å²) < 4.78 is 0. The van der Waals surface area contributed by atoms with Crippen molar-refractivity contribution in [3.63, 3.8) is 0 Å². The fourth-order valence-corrected chi connectivity index (χ4v) is 1.67. The van der Waals surface area contributed by atoms with Crippen LogP contribution in [0, 0.1) is 6.92 Å². The van der Waals surface area contributed by atoms with Crippen molar-refractivity contribution in [3.05, 3.63) is 29.1 Å². The van der Waals surface area contributed by atoms with Crippen LogP contribution in [0.1, 0.15) is 31.8 Å². The molecular formula is C12H18B2O. The van der Waals surface area contributed by atoms with Crippen LogP contribution < -0.4 is 0 Å². The second kappa shape index (κ2) is 4.78. The van der Waals surface area contributed by atoms with Crippen molar-refractivity contribution in [1.29, 1.82) is 0 Å². The average molecular weight is 200 g/mol. The number of hydrogen-bond acceptors (Lipinski definition) is 1. The predicted molar refractivity (Wildman–Crippen MR) is 68.1 cm³/mol. The first-order valence-corrected chi connectivity index (χ1v) is 5.45. The van der Waals surface area contributed by atoms with Crippen LogP contribution in [0.3, 0.4) is 0 Å². The Morgan fingerprint density at radius 1 is 1.47 bits per heavy atom. The summed E-state index contributed by atoms with van der Waals surface area (Å²) in [4.78, 5) is 11.8. The van der Waals surface area contributed by atoms with Gasteiger partial charge < -0.3 is 0 Å². The van der Waals surface area contributed by atoms with Crippen LogP contribution in [-0.2, 0) is 11.2 Å². The Morgan fingerprint density at radius 2 is 2.13 bits per heavy atom. The van der Waals surface area contributed by atoms with Crippen molar-refractivity contribution in [3.8, 4) is 0 Å². The zero-order valence-corrected chi connectivity index (χ0v) is 10.1. The first-order valence-electron chi connectivity index (χ1n) is 5.45. The molecule has 0 aliphatic heterocycles. The average Bonchev–Trinajstić information content (AvgIpc) is 2.05. The summed E-state index contributed by atoms with van der Waals surface area (Å²) in [5.41, 5.74) is 2.70. The Kier molecular flexibility index (Phi) is 3.90. The molecule has 0 aromatic carbocycles. The first-order chi connectivity index (χ1) is 6.88. The molecule has 0 atom stereocenters. The van der Waals surface area contributed by atoms with Crippen LogP contribution >= 0.6 is 0 Å². The monoisotopic (exact) mass is 200 g/mol. The van der Waals surface area contributed by atoms with Gasteiger partial charge >= 0.3 is 93.2 Å². The van der Waals surface area contributed by atoms with E-state index >= 15 is 0 Å². The zero-order valence-electron chi connectivity index (χ0n) is 10.1. The van der Waals surface area contributed by atoms with E-state index in [0.717, 1.165) is 5.56 Å². The Balaban J connectivity index is 2.64. The van der Waals surface area contributed by atoms with Crippen molar-refractivity contribution in [1.82, 2.24) is 0 Å². The van der Waals surface area contributed by atoms with Gasteiger partial charge in [0.2, 0.25) is 0 Å². The van der Waals surface area contributed by atoms with Gasteiger partial charge in [-0.1, -0.05) is 0 Å². The molecule has 1 aromatic heterocycles. The maximum absolute atomic E-state index is 11.8. The molecule has 0 bridgehead atoms. The number of hydrogen-bond donors (Lipinski definition) is 0. The molecule has 0 fully saturated rings. The third-order valence-electron chi connectivity index (χ3n) is 2.38. The fourth-order valence-electron chi connectivity index (χ4n) is 1.67. The van der Waals surface area contributed by atoms with Gasteiger partial charge in [-0.15, -0.1) is 0 Å². The molecule has 0 spiro atoms. The minimum absolute atomic E-state index is 0.0970. The molecule has 0 unspecified atom stereocenters. The fraction of sp³-hybridized carbons (Fsp3) is 0.500. The van der Waals surface area contributed by atoms with Crippen molar-refractivity contribution < 1.29 is 4.79 Å². The second-order valence-corrected chi connectivity index (χ2v) is 5.38. The van der Waals surface area contributed by atoms with E-state index in [1.54, 1.807) is 0 Å². The van der Waals surface area contributed by atoms with E-state index in [9.17, 15) is 4.79 Å². The summed E-state index contributed by atoms with van der Waals surface area (Å²) >= 11 is 0. The normalized spacial score (nSPS) is 10.9. The maximum atomic E-state index is 11.8. The van der Waals surface area contributed by atoms with Crippen molar-refractivity contribution >= 4 is 19.9 Å². The van der Waals surface area contributed by atoms with E-state index in [-0.39, 0.29) is 5.31 Å². The Labute approximate surface area is 93.7 Å². The molecule has 78 valence electrons. The van der Waals surface area contributed by atoms with Crippen molar-refractivity contribution in [2.45, 2.75) is 39.4 Å². The van der Waals surface area contributed by atoms with Crippen LogP contribution in [-0.4, -0.2) is 19.9 Å². The topological polar surface area (TPSA) is 17.1 Å². The van der Waals surface area contributed by atoms with E-state index in [2.05, 4.69) is 34.6 Å². The number of carbonyl (C=O) groups excluding carboxylic acids is 1. The van der Waals surface area contributed by atoms with Gasteiger partial charge in [-0.05, 0) is 0 Å². The molecule has 1 nitrogen and oxygen atoms in total. The van der Waals surface area contributed by atoms with Crippen molar-refractivity contribution in [2.24, 2.45) is 0 Å². The molecule has 0 aliphatic carbocycles. The van der Waals surface area contributed by atoms with Crippen LogP contribution in [0.25, 0.3) is 0 Å². The van der Waals surface area contributed by atoms with Gasteiger partial charge in [0.1, 0.15) is 0 Å². The van der Waals surface area contributed by atoms with Crippen LogP contribution in [0.2, 0.25) is 5.31 Å². The van der Waals surface area contributed by atoms with Gasteiger partial charge in [0.15, 0.2) is 0 Å². The molecule has 0 aliphatic rings. The second-order valence-electron chi connectivity index (χ2n) is 5.38. The molecule has 3 heteroatoms. The predicted octanol–water partition coefficient (Wildman–Crippen LogP) is 2.06. The summed E-state index contributed by atoms with van der Waals surface area (Å²) in [6, 6.07) is 4.03. The molecule has 1 rings (SSSR count). The first kappa shape index (κ1) is 12.2. The van der Waals surface area contributed by atoms with Crippen molar-refractivity contribution in [2.75, 3.05) is 0 Å². The minimum atomic E-state index is 0.0970. The third-order valence-corrected chi connectivity index (χ3v) is 2.38. The van der Waals surface area contributed by atoms with Gasteiger partial charge in [0.05, 0.1) is 0 Å². The summed E-state index contributed by atoms with van der Waals surface area (Å²) in [5, 5.41) is 0.0970. The SMILES string of the molecule is Cc1bcccc1CC(=O)BC(C)(C)C.